The molecule has 0 aliphatic rings. The number of hydrogen-bond donors (Lipinski definition) is 1. The molecule has 0 aliphatic carbocycles. The topological polar surface area (TPSA) is 59.8 Å². The minimum atomic E-state index is -4.35. The predicted molar refractivity (Wildman–Crippen MR) is 106 cm³/mol. The van der Waals surface area contributed by atoms with E-state index in [1.165, 1.54) is 29.7 Å². The van der Waals surface area contributed by atoms with Crippen molar-refractivity contribution in [3.05, 3.63) is 63.9 Å². The molecule has 2 aromatic heterocycles. The third-order valence-electron chi connectivity index (χ3n) is 4.32. The van der Waals surface area contributed by atoms with E-state index >= 15 is 0 Å². The molecule has 0 fully saturated rings. The Bertz CT molecular complexity index is 1010. The van der Waals surface area contributed by atoms with Gasteiger partial charge in [-0.3, -0.25) is 14.8 Å². The second-order valence-electron chi connectivity index (χ2n) is 7.68. The molecular formula is C20H21F3N4OS. The summed E-state index contributed by atoms with van der Waals surface area (Å²) in [7, 11) is 0. The lowest BCUT2D eigenvalue weighted by Crippen LogP contribution is -2.25. The van der Waals surface area contributed by atoms with Crippen LogP contribution in [0.2, 0.25) is 0 Å². The second kappa shape index (κ2) is 7.62. The van der Waals surface area contributed by atoms with E-state index in [2.05, 4.69) is 15.4 Å². The van der Waals surface area contributed by atoms with Crippen LogP contribution >= 0.6 is 11.3 Å². The van der Waals surface area contributed by atoms with Gasteiger partial charge in [0.1, 0.15) is 0 Å². The number of benzene rings is 1. The first-order valence-corrected chi connectivity index (χ1v) is 9.74. The fraction of sp³-hybridized carbons (Fsp3) is 0.350. The zero-order valence-electron chi connectivity index (χ0n) is 16.5. The van der Waals surface area contributed by atoms with E-state index in [0.29, 0.717) is 17.1 Å². The summed E-state index contributed by atoms with van der Waals surface area (Å²) in [6, 6.07) is 5.03. The Morgan fingerprint density at radius 2 is 1.79 bits per heavy atom. The lowest BCUT2D eigenvalue weighted by molar-refractivity contribution is -0.137. The van der Waals surface area contributed by atoms with Gasteiger partial charge in [-0.05, 0) is 45.4 Å². The molecule has 9 heteroatoms. The molecule has 0 saturated carbocycles. The minimum Gasteiger partial charge on any atom is -0.298 e. The molecule has 1 N–H and O–H groups in total. The van der Waals surface area contributed by atoms with Gasteiger partial charge >= 0.3 is 6.18 Å². The van der Waals surface area contributed by atoms with Crippen LogP contribution in [0.4, 0.5) is 18.3 Å². The summed E-state index contributed by atoms with van der Waals surface area (Å²) in [6.07, 6.45) is -0.762. The van der Waals surface area contributed by atoms with Crippen LogP contribution in [-0.4, -0.2) is 20.7 Å². The van der Waals surface area contributed by atoms with Crippen molar-refractivity contribution in [2.24, 2.45) is 0 Å². The van der Waals surface area contributed by atoms with Gasteiger partial charge in [0.15, 0.2) is 5.13 Å². The molecule has 2 heterocycles. The summed E-state index contributed by atoms with van der Waals surface area (Å²) in [5.74, 6) is -0.298. The molecule has 5 nitrogen and oxygen atoms in total. The van der Waals surface area contributed by atoms with Crippen molar-refractivity contribution < 1.29 is 18.0 Å². The fourth-order valence-electron chi connectivity index (χ4n) is 2.93. The lowest BCUT2D eigenvalue weighted by atomic mass is 10.1. The minimum absolute atomic E-state index is 0.237. The Morgan fingerprint density at radius 3 is 2.34 bits per heavy atom. The number of anilines is 1. The van der Waals surface area contributed by atoms with Crippen molar-refractivity contribution in [1.82, 2.24) is 14.8 Å². The highest BCUT2D eigenvalue weighted by molar-refractivity contribution is 7.15. The molecule has 0 bridgehead atoms. The van der Waals surface area contributed by atoms with Crippen LogP contribution in [0.3, 0.4) is 0 Å². The van der Waals surface area contributed by atoms with E-state index in [1.54, 1.807) is 10.9 Å². The van der Waals surface area contributed by atoms with Gasteiger partial charge in [0.05, 0.1) is 22.9 Å². The zero-order chi connectivity index (χ0) is 21.4. The van der Waals surface area contributed by atoms with E-state index in [9.17, 15) is 18.0 Å². The SMILES string of the molecule is Cc1c(C(=O)Nc2ncc(Cc3ccc(C(F)(F)F)cc3)s2)cnn1C(C)(C)C. The number of hydrogen-bond acceptors (Lipinski definition) is 4. The molecule has 29 heavy (non-hydrogen) atoms. The third kappa shape index (κ3) is 4.84. The maximum absolute atomic E-state index is 12.7. The van der Waals surface area contributed by atoms with Crippen molar-refractivity contribution in [2.75, 3.05) is 5.32 Å². The molecule has 0 spiro atoms. The van der Waals surface area contributed by atoms with E-state index in [1.807, 2.05) is 27.7 Å². The number of carbonyl (C=O) groups excluding carboxylic acids is 1. The average Bonchev–Trinajstić information content (AvgIpc) is 3.20. The van der Waals surface area contributed by atoms with Gasteiger partial charge in [-0.2, -0.15) is 18.3 Å². The largest absolute Gasteiger partial charge is 0.416 e. The number of amides is 1. The van der Waals surface area contributed by atoms with Crippen LogP contribution in [0.1, 0.15) is 52.8 Å². The number of aromatic nitrogens is 3. The maximum Gasteiger partial charge on any atom is 0.416 e. The highest BCUT2D eigenvalue weighted by Crippen LogP contribution is 2.30. The third-order valence-corrected chi connectivity index (χ3v) is 5.24. The predicted octanol–water partition coefficient (Wildman–Crippen LogP) is 5.26. The molecule has 0 radical (unpaired) electrons. The number of nitrogens with one attached hydrogen (secondary N) is 1. The number of nitrogens with zero attached hydrogens (tertiary/aromatic N) is 3. The highest BCUT2D eigenvalue weighted by atomic mass is 32.1. The summed E-state index contributed by atoms with van der Waals surface area (Å²) in [5.41, 5.74) is 1.06. The Morgan fingerprint density at radius 1 is 1.14 bits per heavy atom. The summed E-state index contributed by atoms with van der Waals surface area (Å²) < 4.78 is 39.7. The molecule has 3 rings (SSSR count). The smallest absolute Gasteiger partial charge is 0.298 e. The van der Waals surface area contributed by atoms with Crippen molar-refractivity contribution in [2.45, 2.75) is 45.8 Å². The standard InChI is InChI=1S/C20H21F3N4OS/c1-12-16(11-25-27(12)19(2,3)4)17(28)26-18-24-10-15(29-18)9-13-5-7-14(8-6-13)20(21,22)23/h5-8,10-11H,9H2,1-4H3,(H,24,26,28). The van der Waals surface area contributed by atoms with E-state index in [-0.39, 0.29) is 11.4 Å². The van der Waals surface area contributed by atoms with Crippen LogP contribution in [0.5, 0.6) is 0 Å². The van der Waals surface area contributed by atoms with E-state index < -0.39 is 11.7 Å². The Labute approximate surface area is 170 Å². The summed E-state index contributed by atoms with van der Waals surface area (Å²) in [4.78, 5) is 17.6. The van der Waals surface area contributed by atoms with Gasteiger partial charge in [0.2, 0.25) is 0 Å². The van der Waals surface area contributed by atoms with Gasteiger partial charge in [0, 0.05) is 23.2 Å². The van der Waals surface area contributed by atoms with Crippen molar-refractivity contribution in [3.63, 3.8) is 0 Å². The maximum atomic E-state index is 12.7. The number of halogens is 3. The van der Waals surface area contributed by atoms with Crippen LogP contribution in [-0.2, 0) is 18.1 Å². The first-order chi connectivity index (χ1) is 13.4. The van der Waals surface area contributed by atoms with E-state index in [0.717, 1.165) is 28.3 Å². The van der Waals surface area contributed by atoms with Crippen molar-refractivity contribution in [3.8, 4) is 0 Å². The fourth-order valence-corrected chi connectivity index (χ4v) is 3.77. The number of rotatable bonds is 4. The molecule has 1 aromatic carbocycles. The molecular weight excluding hydrogens is 401 g/mol. The zero-order valence-corrected chi connectivity index (χ0v) is 17.3. The Kier molecular flexibility index (Phi) is 5.53. The summed E-state index contributed by atoms with van der Waals surface area (Å²) in [6.45, 7) is 7.85. The Balaban J connectivity index is 1.68. The summed E-state index contributed by atoms with van der Waals surface area (Å²) >= 11 is 1.29. The molecule has 0 unspecified atom stereocenters. The summed E-state index contributed by atoms with van der Waals surface area (Å²) in [5, 5.41) is 7.49. The number of alkyl halides is 3. The lowest BCUT2D eigenvalue weighted by Gasteiger charge is -2.21. The van der Waals surface area contributed by atoms with Gasteiger partial charge in [-0.1, -0.05) is 12.1 Å². The second-order valence-corrected chi connectivity index (χ2v) is 8.80. The average molecular weight is 422 g/mol. The quantitative estimate of drug-likeness (QED) is 0.624. The van der Waals surface area contributed by atoms with Crippen LogP contribution in [0.25, 0.3) is 0 Å². The number of carbonyl (C=O) groups is 1. The van der Waals surface area contributed by atoms with Gasteiger partial charge in [-0.25, -0.2) is 4.98 Å². The molecule has 0 saturated heterocycles. The Hall–Kier alpha value is -2.68. The first-order valence-electron chi connectivity index (χ1n) is 8.92. The van der Waals surface area contributed by atoms with Crippen LogP contribution in [0, 0.1) is 6.92 Å². The molecule has 1 amide bonds. The van der Waals surface area contributed by atoms with E-state index in [4.69, 9.17) is 0 Å². The molecule has 154 valence electrons. The monoisotopic (exact) mass is 422 g/mol. The highest BCUT2D eigenvalue weighted by Gasteiger charge is 2.30. The molecule has 0 aliphatic heterocycles. The van der Waals surface area contributed by atoms with Gasteiger partial charge < -0.3 is 0 Å². The van der Waals surface area contributed by atoms with Crippen molar-refractivity contribution in [1.29, 1.82) is 0 Å². The first kappa shape index (κ1) is 21.0. The van der Waals surface area contributed by atoms with Gasteiger partial charge in [0.25, 0.3) is 5.91 Å². The van der Waals surface area contributed by atoms with Crippen LogP contribution in [0.15, 0.2) is 36.7 Å². The normalized spacial score (nSPS) is 12.2. The number of thiazole rings is 1. The van der Waals surface area contributed by atoms with Crippen molar-refractivity contribution >= 4 is 22.4 Å². The van der Waals surface area contributed by atoms with Crippen LogP contribution < -0.4 is 5.32 Å². The molecule has 3 aromatic rings. The molecule has 0 atom stereocenters. The van der Waals surface area contributed by atoms with Gasteiger partial charge in [-0.15, -0.1) is 11.3 Å².